The van der Waals surface area contributed by atoms with Gasteiger partial charge in [-0.15, -0.1) is 0 Å². The highest BCUT2D eigenvalue weighted by atomic mass is 35.5. The Bertz CT molecular complexity index is 593. The summed E-state index contributed by atoms with van der Waals surface area (Å²) in [5.41, 5.74) is 3.28. The van der Waals surface area contributed by atoms with E-state index >= 15 is 0 Å². The molecule has 19 heavy (non-hydrogen) atoms. The Morgan fingerprint density at radius 2 is 2.21 bits per heavy atom. The lowest BCUT2D eigenvalue weighted by Gasteiger charge is -2.10. The molecule has 1 aliphatic rings. The SMILES string of the molecule is CCOc1cccc(-c2cncc(C3[CH]C3)c2)c1Cl. The number of rotatable bonds is 4. The van der Waals surface area contributed by atoms with Crippen LogP contribution in [-0.4, -0.2) is 11.6 Å². The van der Waals surface area contributed by atoms with Crippen molar-refractivity contribution in [3.8, 4) is 16.9 Å². The number of nitrogens with zero attached hydrogens (tertiary/aromatic N) is 1. The first-order valence-corrected chi connectivity index (χ1v) is 6.87. The Balaban J connectivity index is 2.01. The first-order chi connectivity index (χ1) is 9.29. The summed E-state index contributed by atoms with van der Waals surface area (Å²) in [6.07, 6.45) is 7.21. The van der Waals surface area contributed by atoms with Crippen molar-refractivity contribution in [2.45, 2.75) is 19.3 Å². The fourth-order valence-corrected chi connectivity index (χ4v) is 2.44. The predicted octanol–water partition coefficient (Wildman–Crippen LogP) is 4.49. The van der Waals surface area contributed by atoms with Gasteiger partial charge in [0.25, 0.3) is 0 Å². The highest BCUT2D eigenvalue weighted by Crippen LogP contribution is 2.41. The number of ether oxygens (including phenoxy) is 1. The molecule has 2 aromatic rings. The molecule has 1 aromatic heterocycles. The topological polar surface area (TPSA) is 22.1 Å². The van der Waals surface area contributed by atoms with Crippen LogP contribution < -0.4 is 4.74 Å². The van der Waals surface area contributed by atoms with Crippen LogP contribution in [0.1, 0.15) is 24.8 Å². The van der Waals surface area contributed by atoms with Gasteiger partial charge in [0, 0.05) is 23.5 Å². The smallest absolute Gasteiger partial charge is 0.138 e. The molecule has 3 rings (SSSR count). The molecule has 1 radical (unpaired) electrons. The van der Waals surface area contributed by atoms with Gasteiger partial charge in [0.1, 0.15) is 5.75 Å². The van der Waals surface area contributed by atoms with Crippen LogP contribution in [0.5, 0.6) is 5.75 Å². The summed E-state index contributed by atoms with van der Waals surface area (Å²) in [5, 5.41) is 0.656. The number of halogens is 1. The lowest BCUT2D eigenvalue weighted by Crippen LogP contribution is -1.93. The summed E-state index contributed by atoms with van der Waals surface area (Å²) < 4.78 is 5.53. The third kappa shape index (κ3) is 2.59. The molecule has 1 heterocycles. The zero-order chi connectivity index (χ0) is 13.2. The van der Waals surface area contributed by atoms with Gasteiger partial charge in [-0.3, -0.25) is 4.98 Å². The van der Waals surface area contributed by atoms with Crippen molar-refractivity contribution in [1.29, 1.82) is 0 Å². The molecular weight excluding hydrogens is 258 g/mol. The predicted molar refractivity (Wildman–Crippen MR) is 77.5 cm³/mol. The summed E-state index contributed by atoms with van der Waals surface area (Å²) in [6, 6.07) is 8.02. The van der Waals surface area contributed by atoms with Crippen molar-refractivity contribution in [2.24, 2.45) is 0 Å². The van der Waals surface area contributed by atoms with Gasteiger partial charge >= 0.3 is 0 Å². The first kappa shape index (κ1) is 12.5. The standard InChI is InChI=1S/C16H15ClNO/c1-2-19-15-5-3-4-14(16(15)17)13-8-12(9-18-10-13)11-6-7-11/h3-6,8-11H,2,7H2,1H3. The summed E-state index contributed by atoms with van der Waals surface area (Å²) in [6.45, 7) is 2.56. The number of hydrogen-bond donors (Lipinski definition) is 0. The van der Waals surface area contributed by atoms with E-state index in [1.807, 2.05) is 37.5 Å². The van der Waals surface area contributed by atoms with Crippen LogP contribution in [0.25, 0.3) is 11.1 Å². The van der Waals surface area contributed by atoms with E-state index in [-0.39, 0.29) is 0 Å². The van der Waals surface area contributed by atoms with E-state index in [1.165, 1.54) is 5.56 Å². The minimum Gasteiger partial charge on any atom is -0.492 e. The molecule has 0 N–H and O–H groups in total. The van der Waals surface area contributed by atoms with Crippen LogP contribution in [-0.2, 0) is 0 Å². The van der Waals surface area contributed by atoms with Crippen LogP contribution in [0.3, 0.4) is 0 Å². The molecule has 1 unspecified atom stereocenters. The third-order valence-electron chi connectivity index (χ3n) is 3.23. The molecule has 0 bridgehead atoms. The van der Waals surface area contributed by atoms with E-state index < -0.39 is 0 Å². The van der Waals surface area contributed by atoms with Gasteiger partial charge in [-0.25, -0.2) is 0 Å². The molecule has 1 saturated carbocycles. The average molecular weight is 273 g/mol. The molecule has 1 aliphatic carbocycles. The summed E-state index contributed by atoms with van der Waals surface area (Å²) in [4.78, 5) is 4.32. The van der Waals surface area contributed by atoms with Crippen LogP contribution in [0.15, 0.2) is 36.7 Å². The normalized spacial score (nSPS) is 14.4. The molecule has 3 heteroatoms. The molecule has 97 valence electrons. The number of aromatic nitrogens is 1. The fourth-order valence-electron chi connectivity index (χ4n) is 2.15. The highest BCUT2D eigenvalue weighted by molar-refractivity contribution is 6.34. The molecular formula is C16H15ClNO. The van der Waals surface area contributed by atoms with E-state index in [1.54, 1.807) is 0 Å². The zero-order valence-electron chi connectivity index (χ0n) is 10.8. The van der Waals surface area contributed by atoms with E-state index in [0.29, 0.717) is 17.5 Å². The maximum atomic E-state index is 6.41. The van der Waals surface area contributed by atoms with Crippen LogP contribution in [0.4, 0.5) is 0 Å². The largest absolute Gasteiger partial charge is 0.492 e. The quantitative estimate of drug-likeness (QED) is 0.818. The van der Waals surface area contributed by atoms with Gasteiger partial charge in [-0.1, -0.05) is 23.7 Å². The lowest BCUT2D eigenvalue weighted by molar-refractivity contribution is 0.340. The highest BCUT2D eigenvalue weighted by Gasteiger charge is 2.24. The van der Waals surface area contributed by atoms with Crippen LogP contribution in [0, 0.1) is 6.42 Å². The van der Waals surface area contributed by atoms with Crippen LogP contribution in [0.2, 0.25) is 5.02 Å². The van der Waals surface area contributed by atoms with Gasteiger partial charge < -0.3 is 4.74 Å². The van der Waals surface area contributed by atoms with Crippen molar-refractivity contribution in [2.75, 3.05) is 6.61 Å². The number of benzene rings is 1. The summed E-state index contributed by atoms with van der Waals surface area (Å²) in [7, 11) is 0. The van der Waals surface area contributed by atoms with E-state index in [2.05, 4.69) is 17.5 Å². The van der Waals surface area contributed by atoms with Crippen molar-refractivity contribution in [1.82, 2.24) is 4.98 Å². The molecule has 1 aromatic carbocycles. The zero-order valence-corrected chi connectivity index (χ0v) is 11.5. The summed E-state index contributed by atoms with van der Waals surface area (Å²) in [5.74, 6) is 1.30. The third-order valence-corrected chi connectivity index (χ3v) is 3.62. The number of hydrogen-bond acceptors (Lipinski definition) is 2. The van der Waals surface area contributed by atoms with Gasteiger partial charge in [-0.2, -0.15) is 0 Å². The van der Waals surface area contributed by atoms with Gasteiger partial charge in [0.2, 0.25) is 0 Å². The summed E-state index contributed by atoms with van der Waals surface area (Å²) >= 11 is 6.41. The van der Waals surface area contributed by atoms with E-state index in [9.17, 15) is 0 Å². The molecule has 0 spiro atoms. The van der Waals surface area contributed by atoms with Crippen molar-refractivity contribution < 1.29 is 4.74 Å². The maximum Gasteiger partial charge on any atom is 0.138 e. The molecule has 1 fully saturated rings. The molecule has 2 nitrogen and oxygen atoms in total. The minimum absolute atomic E-state index is 0.571. The van der Waals surface area contributed by atoms with Gasteiger partial charge in [0.15, 0.2) is 0 Å². The maximum absolute atomic E-state index is 6.41. The Labute approximate surface area is 118 Å². The molecule has 0 saturated heterocycles. The Kier molecular flexibility index (Phi) is 3.43. The Hall–Kier alpha value is -1.54. The van der Waals surface area contributed by atoms with Gasteiger partial charge in [0.05, 0.1) is 11.6 Å². The Morgan fingerprint density at radius 1 is 1.37 bits per heavy atom. The van der Waals surface area contributed by atoms with Crippen molar-refractivity contribution in [3.05, 3.63) is 53.7 Å². The first-order valence-electron chi connectivity index (χ1n) is 6.49. The average Bonchev–Trinajstić information content (AvgIpc) is 3.26. The molecule has 0 aliphatic heterocycles. The molecule has 0 amide bonds. The van der Waals surface area contributed by atoms with Crippen LogP contribution >= 0.6 is 11.6 Å². The monoisotopic (exact) mass is 272 g/mol. The van der Waals surface area contributed by atoms with E-state index in [4.69, 9.17) is 16.3 Å². The van der Waals surface area contributed by atoms with Crippen molar-refractivity contribution >= 4 is 11.6 Å². The fraction of sp³-hybridized carbons (Fsp3) is 0.250. The van der Waals surface area contributed by atoms with Crippen molar-refractivity contribution in [3.63, 3.8) is 0 Å². The molecule has 1 atom stereocenters. The second kappa shape index (κ2) is 5.22. The lowest BCUT2D eigenvalue weighted by atomic mass is 10.0. The van der Waals surface area contributed by atoms with E-state index in [0.717, 1.165) is 23.3 Å². The number of pyridine rings is 1. The minimum atomic E-state index is 0.571. The second-order valence-electron chi connectivity index (χ2n) is 4.64. The Morgan fingerprint density at radius 3 is 2.95 bits per heavy atom. The second-order valence-corrected chi connectivity index (χ2v) is 5.01. The van der Waals surface area contributed by atoms with Gasteiger partial charge in [-0.05, 0) is 43.4 Å².